The lowest BCUT2D eigenvalue weighted by Gasteiger charge is -2.44. The zero-order valence-corrected chi connectivity index (χ0v) is 10.9. The molecule has 2 rings (SSSR count). The fourth-order valence-corrected chi connectivity index (χ4v) is 2.90. The Morgan fingerprint density at radius 2 is 2.06 bits per heavy atom. The third kappa shape index (κ3) is 1.89. The maximum Gasteiger partial charge on any atom is 0.0104 e. The minimum Gasteiger partial charge on any atom is -0.314 e. The van der Waals surface area contributed by atoms with E-state index in [0.29, 0.717) is 0 Å². The van der Waals surface area contributed by atoms with Crippen LogP contribution in [0.4, 0.5) is 0 Å². The normalized spacial score (nSPS) is 28.9. The monoisotopic (exact) mass is 217 g/mol. The van der Waals surface area contributed by atoms with Crippen LogP contribution in [0.15, 0.2) is 18.2 Å². The third-order valence-corrected chi connectivity index (χ3v) is 4.29. The zero-order chi connectivity index (χ0) is 11.7. The smallest absolute Gasteiger partial charge is 0.0104 e. The van der Waals surface area contributed by atoms with Crippen molar-refractivity contribution in [2.75, 3.05) is 6.54 Å². The molecule has 3 unspecified atom stereocenters. The highest BCUT2D eigenvalue weighted by molar-refractivity contribution is 5.37. The fraction of sp³-hybridized carbons (Fsp3) is 0.600. The molecule has 16 heavy (non-hydrogen) atoms. The molecule has 0 aliphatic heterocycles. The molecule has 1 aliphatic rings. The van der Waals surface area contributed by atoms with Crippen LogP contribution in [0.2, 0.25) is 0 Å². The summed E-state index contributed by atoms with van der Waals surface area (Å²) in [5.41, 5.74) is 4.49. The van der Waals surface area contributed by atoms with Gasteiger partial charge in [0.05, 0.1) is 0 Å². The second kappa shape index (κ2) is 4.58. The molecule has 88 valence electrons. The summed E-state index contributed by atoms with van der Waals surface area (Å²) >= 11 is 0. The first kappa shape index (κ1) is 11.7. The van der Waals surface area contributed by atoms with E-state index in [9.17, 15) is 0 Å². The molecule has 0 spiro atoms. The SMILES string of the molecule is CCNC1CC(c2cccc(C)c2C)C1C. The molecule has 1 nitrogen and oxygen atoms in total. The van der Waals surface area contributed by atoms with Crippen molar-refractivity contribution in [3.63, 3.8) is 0 Å². The molecule has 0 bridgehead atoms. The first-order valence-electron chi connectivity index (χ1n) is 6.44. The number of rotatable bonds is 3. The molecule has 0 radical (unpaired) electrons. The minimum absolute atomic E-state index is 0.731. The Morgan fingerprint density at radius 3 is 2.69 bits per heavy atom. The standard InChI is InChI=1S/C15H23N/c1-5-16-15-9-14(12(15)4)13-8-6-7-10(2)11(13)3/h6-8,12,14-16H,5,9H2,1-4H3. The van der Waals surface area contributed by atoms with Gasteiger partial charge in [0, 0.05) is 6.04 Å². The van der Waals surface area contributed by atoms with Crippen molar-refractivity contribution >= 4 is 0 Å². The van der Waals surface area contributed by atoms with E-state index in [1.54, 1.807) is 5.56 Å². The van der Waals surface area contributed by atoms with E-state index in [1.807, 2.05) is 0 Å². The Bertz CT molecular complexity index is 370. The van der Waals surface area contributed by atoms with Gasteiger partial charge in [-0.05, 0) is 55.3 Å². The summed E-state index contributed by atoms with van der Waals surface area (Å²) in [6.45, 7) is 10.1. The Balaban J connectivity index is 2.13. The topological polar surface area (TPSA) is 12.0 Å². The molecule has 1 aromatic rings. The van der Waals surface area contributed by atoms with Gasteiger partial charge in [0.2, 0.25) is 0 Å². The van der Waals surface area contributed by atoms with Crippen molar-refractivity contribution < 1.29 is 0 Å². The molecule has 1 saturated carbocycles. The molecule has 0 saturated heterocycles. The Hall–Kier alpha value is -0.820. The predicted octanol–water partition coefficient (Wildman–Crippen LogP) is 3.40. The van der Waals surface area contributed by atoms with Crippen molar-refractivity contribution in [2.24, 2.45) is 5.92 Å². The van der Waals surface area contributed by atoms with Crippen LogP contribution >= 0.6 is 0 Å². The fourth-order valence-electron chi connectivity index (χ4n) is 2.90. The van der Waals surface area contributed by atoms with Crippen molar-refractivity contribution in [3.05, 3.63) is 34.9 Å². The van der Waals surface area contributed by atoms with E-state index in [0.717, 1.165) is 24.4 Å². The summed E-state index contributed by atoms with van der Waals surface area (Å²) in [6.07, 6.45) is 1.30. The highest BCUT2D eigenvalue weighted by atomic mass is 14.9. The Labute approximate surface area is 99.3 Å². The molecule has 1 fully saturated rings. The van der Waals surface area contributed by atoms with Crippen LogP contribution in [-0.4, -0.2) is 12.6 Å². The maximum absolute atomic E-state index is 3.57. The van der Waals surface area contributed by atoms with E-state index in [4.69, 9.17) is 0 Å². The van der Waals surface area contributed by atoms with Gasteiger partial charge in [-0.15, -0.1) is 0 Å². The van der Waals surface area contributed by atoms with Crippen LogP contribution in [0.3, 0.4) is 0 Å². The zero-order valence-electron chi connectivity index (χ0n) is 10.9. The second-order valence-electron chi connectivity index (χ2n) is 5.15. The van der Waals surface area contributed by atoms with E-state index >= 15 is 0 Å². The van der Waals surface area contributed by atoms with E-state index in [1.165, 1.54) is 17.5 Å². The van der Waals surface area contributed by atoms with Crippen LogP contribution in [0, 0.1) is 19.8 Å². The van der Waals surface area contributed by atoms with Crippen molar-refractivity contribution in [3.8, 4) is 0 Å². The summed E-state index contributed by atoms with van der Waals surface area (Å²) in [4.78, 5) is 0. The van der Waals surface area contributed by atoms with Crippen LogP contribution < -0.4 is 5.32 Å². The first-order chi connectivity index (χ1) is 7.65. The Morgan fingerprint density at radius 1 is 1.31 bits per heavy atom. The summed E-state index contributed by atoms with van der Waals surface area (Å²) in [5.74, 6) is 1.55. The number of nitrogens with one attached hydrogen (secondary N) is 1. The molecule has 1 aromatic carbocycles. The van der Waals surface area contributed by atoms with E-state index in [-0.39, 0.29) is 0 Å². The quantitative estimate of drug-likeness (QED) is 0.818. The van der Waals surface area contributed by atoms with E-state index in [2.05, 4.69) is 51.2 Å². The highest BCUT2D eigenvalue weighted by Crippen LogP contribution is 2.43. The summed E-state index contributed by atoms with van der Waals surface area (Å²) < 4.78 is 0. The lowest BCUT2D eigenvalue weighted by atomic mass is 9.66. The number of hydrogen-bond donors (Lipinski definition) is 1. The second-order valence-corrected chi connectivity index (χ2v) is 5.15. The lowest BCUT2D eigenvalue weighted by Crippen LogP contribution is -2.47. The first-order valence-corrected chi connectivity index (χ1v) is 6.44. The molecule has 1 heteroatoms. The highest BCUT2D eigenvalue weighted by Gasteiger charge is 2.38. The van der Waals surface area contributed by atoms with Gasteiger partial charge in [-0.3, -0.25) is 0 Å². The summed E-state index contributed by atoms with van der Waals surface area (Å²) in [5, 5.41) is 3.57. The van der Waals surface area contributed by atoms with Crippen molar-refractivity contribution in [1.29, 1.82) is 0 Å². The van der Waals surface area contributed by atoms with E-state index < -0.39 is 0 Å². The van der Waals surface area contributed by atoms with Crippen LogP contribution in [0.1, 0.15) is 42.9 Å². The van der Waals surface area contributed by atoms with Gasteiger partial charge < -0.3 is 5.32 Å². The predicted molar refractivity (Wildman–Crippen MR) is 69.9 cm³/mol. The van der Waals surface area contributed by atoms with Gasteiger partial charge in [0.1, 0.15) is 0 Å². The van der Waals surface area contributed by atoms with Crippen LogP contribution in [-0.2, 0) is 0 Å². The molecular weight excluding hydrogens is 194 g/mol. The molecule has 0 amide bonds. The van der Waals surface area contributed by atoms with Gasteiger partial charge in [-0.2, -0.15) is 0 Å². The van der Waals surface area contributed by atoms with Gasteiger partial charge in [-0.25, -0.2) is 0 Å². The molecule has 1 aliphatic carbocycles. The molecule has 0 heterocycles. The number of hydrogen-bond acceptors (Lipinski definition) is 1. The summed E-state index contributed by atoms with van der Waals surface area (Å²) in [6, 6.07) is 7.45. The largest absolute Gasteiger partial charge is 0.314 e. The van der Waals surface area contributed by atoms with Gasteiger partial charge in [-0.1, -0.05) is 32.0 Å². The third-order valence-electron chi connectivity index (χ3n) is 4.29. The Kier molecular flexibility index (Phi) is 3.34. The number of benzene rings is 1. The molecule has 3 atom stereocenters. The minimum atomic E-state index is 0.731. The van der Waals surface area contributed by atoms with Crippen molar-refractivity contribution in [2.45, 2.75) is 46.1 Å². The number of aryl methyl sites for hydroxylation is 1. The van der Waals surface area contributed by atoms with Gasteiger partial charge >= 0.3 is 0 Å². The van der Waals surface area contributed by atoms with Crippen molar-refractivity contribution in [1.82, 2.24) is 5.32 Å². The van der Waals surface area contributed by atoms with Crippen LogP contribution in [0.5, 0.6) is 0 Å². The lowest BCUT2D eigenvalue weighted by molar-refractivity contribution is 0.186. The maximum atomic E-state index is 3.57. The molecule has 0 aromatic heterocycles. The van der Waals surface area contributed by atoms with Gasteiger partial charge in [0.15, 0.2) is 0 Å². The molecule has 1 N–H and O–H groups in total. The van der Waals surface area contributed by atoms with Gasteiger partial charge in [0.25, 0.3) is 0 Å². The average molecular weight is 217 g/mol. The summed E-state index contributed by atoms with van der Waals surface area (Å²) in [7, 11) is 0. The average Bonchev–Trinajstić information content (AvgIpc) is 2.28. The molecular formula is C15H23N. The van der Waals surface area contributed by atoms with Crippen LogP contribution in [0.25, 0.3) is 0 Å².